The monoisotopic (exact) mass is 338 g/mol. The summed E-state index contributed by atoms with van der Waals surface area (Å²) in [6, 6.07) is 13.2. The zero-order valence-corrected chi connectivity index (χ0v) is 13.3. The third-order valence-corrected chi connectivity index (χ3v) is 3.63. The summed E-state index contributed by atoms with van der Waals surface area (Å²) in [4.78, 5) is 36.2. The smallest absolute Gasteiger partial charge is 0.359 e. The molecule has 1 N–H and O–H groups in total. The molecular formula is C18H14N2O5. The molecule has 25 heavy (non-hydrogen) atoms. The first-order chi connectivity index (χ1) is 12.1. The topological polar surface area (TPSA) is 98.3 Å². The number of methoxy groups -OCH3 is 1. The Kier molecular flexibility index (Phi) is 4.56. The van der Waals surface area contributed by atoms with E-state index in [1.165, 1.54) is 7.11 Å². The number of benzene rings is 2. The molecule has 0 unspecified atom stereocenters. The van der Waals surface area contributed by atoms with Crippen LogP contribution in [0.15, 0.2) is 53.3 Å². The van der Waals surface area contributed by atoms with Crippen LogP contribution in [0.5, 0.6) is 5.75 Å². The van der Waals surface area contributed by atoms with E-state index in [0.29, 0.717) is 22.1 Å². The van der Waals surface area contributed by atoms with Gasteiger partial charge in [0.05, 0.1) is 18.1 Å². The summed E-state index contributed by atoms with van der Waals surface area (Å²) in [7, 11) is 1.45. The number of aromatic nitrogens is 2. The van der Waals surface area contributed by atoms with E-state index >= 15 is 0 Å². The van der Waals surface area contributed by atoms with Crippen molar-refractivity contribution in [2.45, 2.75) is 0 Å². The van der Waals surface area contributed by atoms with Crippen molar-refractivity contribution in [1.82, 2.24) is 10.2 Å². The Hall–Kier alpha value is -3.48. The largest absolute Gasteiger partial charge is 0.496 e. The molecule has 2 aromatic carbocycles. The molecule has 3 rings (SSSR count). The van der Waals surface area contributed by atoms with Crippen LogP contribution >= 0.6 is 0 Å². The molecule has 0 bridgehead atoms. The second-order valence-corrected chi connectivity index (χ2v) is 5.15. The predicted molar refractivity (Wildman–Crippen MR) is 90.0 cm³/mol. The maximum atomic E-state index is 12.3. The molecule has 0 aliphatic carbocycles. The van der Waals surface area contributed by atoms with Gasteiger partial charge in [-0.05, 0) is 18.2 Å². The van der Waals surface area contributed by atoms with E-state index in [2.05, 4.69) is 10.2 Å². The van der Waals surface area contributed by atoms with Crippen molar-refractivity contribution < 1.29 is 19.1 Å². The summed E-state index contributed by atoms with van der Waals surface area (Å²) in [5.41, 5.74) is -0.141. The zero-order valence-electron chi connectivity index (χ0n) is 13.3. The zero-order chi connectivity index (χ0) is 17.8. The van der Waals surface area contributed by atoms with Gasteiger partial charge in [0, 0.05) is 5.39 Å². The highest BCUT2D eigenvalue weighted by molar-refractivity contribution is 6.04. The van der Waals surface area contributed by atoms with Crippen molar-refractivity contribution in [1.29, 1.82) is 0 Å². The quantitative estimate of drug-likeness (QED) is 0.564. The highest BCUT2D eigenvalue weighted by Gasteiger charge is 2.18. The molecule has 0 amide bonds. The summed E-state index contributed by atoms with van der Waals surface area (Å²) in [6.45, 7) is -0.464. The number of esters is 1. The number of ether oxygens (including phenoxy) is 2. The number of nitrogens with zero attached hydrogens (tertiary/aromatic N) is 1. The molecule has 0 saturated heterocycles. The lowest BCUT2D eigenvalue weighted by Crippen LogP contribution is -2.19. The van der Waals surface area contributed by atoms with Gasteiger partial charge in [-0.1, -0.05) is 30.3 Å². The number of fused-ring (bicyclic) bond motifs is 1. The molecule has 1 heterocycles. The van der Waals surface area contributed by atoms with E-state index in [9.17, 15) is 14.4 Å². The molecule has 0 spiro atoms. The number of hydrogen-bond acceptors (Lipinski definition) is 6. The Bertz CT molecular complexity index is 1010. The highest BCUT2D eigenvalue weighted by Crippen LogP contribution is 2.18. The highest BCUT2D eigenvalue weighted by atomic mass is 16.5. The van der Waals surface area contributed by atoms with E-state index in [-0.39, 0.29) is 5.69 Å². The van der Waals surface area contributed by atoms with Crippen LogP contribution in [0.25, 0.3) is 10.8 Å². The minimum atomic E-state index is -0.796. The van der Waals surface area contributed by atoms with Gasteiger partial charge in [-0.3, -0.25) is 9.59 Å². The lowest BCUT2D eigenvalue weighted by atomic mass is 10.1. The summed E-state index contributed by atoms with van der Waals surface area (Å²) >= 11 is 0. The third kappa shape index (κ3) is 3.25. The molecule has 1 aromatic heterocycles. The van der Waals surface area contributed by atoms with E-state index in [0.717, 1.165) is 0 Å². The number of hydrogen-bond donors (Lipinski definition) is 1. The fraction of sp³-hybridized carbons (Fsp3) is 0.111. The number of carbonyl (C=O) groups excluding carboxylic acids is 2. The van der Waals surface area contributed by atoms with Crippen LogP contribution < -0.4 is 10.3 Å². The Morgan fingerprint density at radius 2 is 1.72 bits per heavy atom. The predicted octanol–water partition coefficient (Wildman–Crippen LogP) is 1.97. The minimum Gasteiger partial charge on any atom is -0.496 e. The van der Waals surface area contributed by atoms with Gasteiger partial charge < -0.3 is 9.47 Å². The molecule has 0 aliphatic heterocycles. The fourth-order valence-corrected chi connectivity index (χ4v) is 2.42. The van der Waals surface area contributed by atoms with E-state index < -0.39 is 23.9 Å². The molecule has 0 atom stereocenters. The molecule has 7 nitrogen and oxygen atoms in total. The molecular weight excluding hydrogens is 324 g/mol. The summed E-state index contributed by atoms with van der Waals surface area (Å²) in [5, 5.41) is 6.67. The van der Waals surface area contributed by atoms with Gasteiger partial charge in [-0.2, -0.15) is 5.10 Å². The second kappa shape index (κ2) is 6.96. The summed E-state index contributed by atoms with van der Waals surface area (Å²) in [5.74, 6) is -0.800. The Morgan fingerprint density at radius 3 is 2.48 bits per heavy atom. The number of Topliss-reactive ketones (excluding diaryl/α,β-unsaturated/α-hetero) is 1. The van der Waals surface area contributed by atoms with Gasteiger partial charge in [0.15, 0.2) is 12.3 Å². The van der Waals surface area contributed by atoms with Gasteiger partial charge in [0.25, 0.3) is 5.56 Å². The summed E-state index contributed by atoms with van der Waals surface area (Å²) < 4.78 is 10.2. The number of nitrogens with one attached hydrogen (secondary N) is 1. The number of para-hydroxylation sites is 1. The van der Waals surface area contributed by atoms with Crippen LogP contribution in [0.1, 0.15) is 20.8 Å². The average molecular weight is 338 g/mol. The second-order valence-electron chi connectivity index (χ2n) is 5.15. The van der Waals surface area contributed by atoms with E-state index in [4.69, 9.17) is 9.47 Å². The van der Waals surface area contributed by atoms with Crippen molar-refractivity contribution >= 4 is 22.5 Å². The molecule has 0 fully saturated rings. The van der Waals surface area contributed by atoms with E-state index in [1.54, 1.807) is 48.5 Å². The van der Waals surface area contributed by atoms with Gasteiger partial charge in [-0.15, -0.1) is 0 Å². The van der Waals surface area contributed by atoms with Gasteiger partial charge in [0.2, 0.25) is 5.78 Å². The SMILES string of the molecule is COc1ccccc1C(=O)COC(=O)c1n[nH]c(=O)c2ccccc12. The Morgan fingerprint density at radius 1 is 1.04 bits per heavy atom. The normalized spacial score (nSPS) is 10.4. The first-order valence-electron chi connectivity index (χ1n) is 7.42. The first-order valence-corrected chi connectivity index (χ1v) is 7.42. The molecule has 3 aromatic rings. The van der Waals surface area contributed by atoms with Crippen molar-refractivity contribution in [3.8, 4) is 5.75 Å². The minimum absolute atomic E-state index is 0.0528. The van der Waals surface area contributed by atoms with Crippen molar-refractivity contribution in [2.24, 2.45) is 0 Å². The fourth-order valence-electron chi connectivity index (χ4n) is 2.42. The number of rotatable bonds is 5. The number of H-pyrrole nitrogens is 1. The van der Waals surface area contributed by atoms with E-state index in [1.807, 2.05) is 0 Å². The maximum absolute atomic E-state index is 12.3. The van der Waals surface area contributed by atoms with Crippen LogP contribution in [0.2, 0.25) is 0 Å². The molecule has 0 aliphatic rings. The van der Waals surface area contributed by atoms with Crippen molar-refractivity contribution in [3.05, 3.63) is 70.1 Å². The standard InChI is InChI=1S/C18H14N2O5/c1-24-15-9-5-4-8-13(15)14(21)10-25-18(23)16-11-6-2-3-7-12(11)17(22)20-19-16/h2-9H,10H2,1H3,(H,20,22). The number of aromatic amines is 1. The van der Waals surface area contributed by atoms with Gasteiger partial charge in [0.1, 0.15) is 5.75 Å². The number of carbonyl (C=O) groups is 2. The molecule has 0 radical (unpaired) electrons. The lowest BCUT2D eigenvalue weighted by Gasteiger charge is -2.08. The van der Waals surface area contributed by atoms with Crippen molar-refractivity contribution in [2.75, 3.05) is 13.7 Å². The Balaban J connectivity index is 1.81. The average Bonchev–Trinajstić information content (AvgIpc) is 2.66. The van der Waals surface area contributed by atoms with Crippen LogP contribution in [0.4, 0.5) is 0 Å². The summed E-state index contributed by atoms with van der Waals surface area (Å²) in [6.07, 6.45) is 0. The Labute approximate surface area is 142 Å². The van der Waals surface area contributed by atoms with Gasteiger partial charge in [-0.25, -0.2) is 9.89 Å². The van der Waals surface area contributed by atoms with Crippen LogP contribution in [0.3, 0.4) is 0 Å². The number of ketones is 1. The first kappa shape index (κ1) is 16.4. The maximum Gasteiger partial charge on any atom is 0.359 e. The third-order valence-electron chi connectivity index (χ3n) is 3.63. The molecule has 0 saturated carbocycles. The lowest BCUT2D eigenvalue weighted by molar-refractivity contribution is 0.0469. The molecule has 126 valence electrons. The van der Waals surface area contributed by atoms with Crippen LogP contribution in [-0.4, -0.2) is 35.7 Å². The van der Waals surface area contributed by atoms with Gasteiger partial charge >= 0.3 is 5.97 Å². The van der Waals surface area contributed by atoms with Crippen LogP contribution in [-0.2, 0) is 4.74 Å². The van der Waals surface area contributed by atoms with Crippen LogP contribution in [0, 0.1) is 0 Å². The molecule has 7 heteroatoms. The van der Waals surface area contributed by atoms with Crippen molar-refractivity contribution in [3.63, 3.8) is 0 Å².